The van der Waals surface area contributed by atoms with Crippen molar-refractivity contribution in [2.45, 2.75) is 12.8 Å². The van der Waals surface area contributed by atoms with Crippen LogP contribution in [0.25, 0.3) is 33.2 Å². The van der Waals surface area contributed by atoms with Gasteiger partial charge in [0.05, 0.1) is 5.69 Å². The van der Waals surface area contributed by atoms with Gasteiger partial charge in [0.25, 0.3) is 0 Å². The zero-order valence-corrected chi connectivity index (χ0v) is 15.0. The summed E-state index contributed by atoms with van der Waals surface area (Å²) in [5.41, 5.74) is 6.23. The molecule has 5 rings (SSSR count). The maximum absolute atomic E-state index is 6.31. The Labute approximate surface area is 157 Å². The first kappa shape index (κ1) is 15.8. The van der Waals surface area contributed by atoms with Gasteiger partial charge in [-0.3, -0.25) is 9.97 Å². The summed E-state index contributed by atoms with van der Waals surface area (Å²) < 4.78 is 6.31. The second kappa shape index (κ2) is 6.36. The van der Waals surface area contributed by atoms with Gasteiger partial charge in [-0.2, -0.15) is 0 Å². The quantitative estimate of drug-likeness (QED) is 0.389. The van der Waals surface area contributed by atoms with E-state index in [2.05, 4.69) is 53.3 Å². The summed E-state index contributed by atoms with van der Waals surface area (Å²) in [5, 5.41) is 2.30. The summed E-state index contributed by atoms with van der Waals surface area (Å²) in [7, 11) is 0. The molecule has 27 heavy (non-hydrogen) atoms. The van der Waals surface area contributed by atoms with Crippen molar-refractivity contribution >= 4 is 21.9 Å². The van der Waals surface area contributed by atoms with Crippen molar-refractivity contribution in [3.63, 3.8) is 0 Å². The maximum Gasteiger partial charge on any atom is 0.145 e. The Morgan fingerprint density at radius 2 is 1.63 bits per heavy atom. The number of para-hydroxylation sites is 1. The molecule has 3 heteroatoms. The summed E-state index contributed by atoms with van der Waals surface area (Å²) >= 11 is 0. The van der Waals surface area contributed by atoms with Crippen molar-refractivity contribution in [1.82, 2.24) is 9.97 Å². The lowest BCUT2D eigenvalue weighted by Crippen LogP contribution is -1.97. The van der Waals surface area contributed by atoms with Crippen molar-refractivity contribution in [3.05, 3.63) is 96.4 Å². The van der Waals surface area contributed by atoms with Gasteiger partial charge in [0, 0.05) is 40.8 Å². The van der Waals surface area contributed by atoms with Crippen LogP contribution in [0, 0.1) is 0 Å². The molecule has 0 bridgehead atoms. The smallest absolute Gasteiger partial charge is 0.145 e. The van der Waals surface area contributed by atoms with Crippen molar-refractivity contribution < 1.29 is 4.42 Å². The summed E-state index contributed by atoms with van der Waals surface area (Å²) in [6, 6.07) is 22.7. The molecule has 0 radical (unpaired) electrons. The Balaban J connectivity index is 1.83. The third-order valence-corrected chi connectivity index (χ3v) is 5.17. The lowest BCUT2D eigenvalue weighted by Gasteiger charge is -2.15. The molecule has 3 heterocycles. The van der Waals surface area contributed by atoms with Crippen molar-refractivity contribution in [1.29, 1.82) is 0 Å². The Morgan fingerprint density at radius 3 is 2.44 bits per heavy atom. The fourth-order valence-electron chi connectivity index (χ4n) is 3.77. The van der Waals surface area contributed by atoms with E-state index in [1.54, 1.807) is 0 Å². The average Bonchev–Trinajstić information content (AvgIpc) is 3.13. The molecule has 0 fully saturated rings. The van der Waals surface area contributed by atoms with E-state index < -0.39 is 0 Å². The standard InChI is InChI=1S/C24H18N2O/c1-16(17-11-14-25-15-12-17)18-9-10-19(21-7-4-5-13-26-21)24-23(18)20-6-2-3-8-22(20)27-24/h2-16H,1H3. The Hall–Kier alpha value is -3.46. The molecule has 0 saturated carbocycles. The Kier molecular flexibility index (Phi) is 3.72. The molecule has 130 valence electrons. The second-order valence-electron chi connectivity index (χ2n) is 6.72. The van der Waals surface area contributed by atoms with Crippen LogP contribution in [-0.2, 0) is 0 Å². The molecule has 5 aromatic rings. The summed E-state index contributed by atoms with van der Waals surface area (Å²) in [5.74, 6) is 0.231. The third kappa shape index (κ3) is 2.59. The lowest BCUT2D eigenvalue weighted by atomic mass is 9.89. The van der Waals surface area contributed by atoms with Crippen LogP contribution >= 0.6 is 0 Å². The van der Waals surface area contributed by atoms with E-state index in [1.165, 1.54) is 11.1 Å². The molecule has 0 spiro atoms. The van der Waals surface area contributed by atoms with Gasteiger partial charge in [-0.25, -0.2) is 0 Å². The highest BCUT2D eigenvalue weighted by atomic mass is 16.3. The summed E-state index contributed by atoms with van der Waals surface area (Å²) in [6.07, 6.45) is 5.51. The molecule has 2 aromatic carbocycles. The molecule has 3 nitrogen and oxygen atoms in total. The number of furan rings is 1. The SMILES string of the molecule is CC(c1ccncc1)c1ccc(-c2ccccn2)c2oc3ccccc3c12. The third-order valence-electron chi connectivity index (χ3n) is 5.17. The first-order valence-corrected chi connectivity index (χ1v) is 9.08. The molecule has 0 aliphatic rings. The van der Waals surface area contributed by atoms with Gasteiger partial charge in [-0.05, 0) is 47.5 Å². The van der Waals surface area contributed by atoms with E-state index in [-0.39, 0.29) is 5.92 Å². The molecular weight excluding hydrogens is 332 g/mol. The molecule has 0 amide bonds. The molecular formula is C24H18N2O. The molecule has 1 unspecified atom stereocenters. The number of aromatic nitrogens is 2. The number of pyridine rings is 2. The minimum atomic E-state index is 0.231. The van der Waals surface area contributed by atoms with Gasteiger partial charge in [-0.1, -0.05) is 37.3 Å². The van der Waals surface area contributed by atoms with E-state index in [9.17, 15) is 0 Å². The molecule has 0 N–H and O–H groups in total. The Morgan fingerprint density at radius 1 is 0.815 bits per heavy atom. The van der Waals surface area contributed by atoms with Crippen LogP contribution in [0.15, 0.2) is 89.7 Å². The van der Waals surface area contributed by atoms with Crippen molar-refractivity contribution in [3.8, 4) is 11.3 Å². The first-order chi connectivity index (χ1) is 13.3. The van der Waals surface area contributed by atoms with E-state index in [0.29, 0.717) is 0 Å². The summed E-state index contributed by atoms with van der Waals surface area (Å²) in [4.78, 5) is 8.68. The van der Waals surface area contributed by atoms with Crippen LogP contribution in [0.3, 0.4) is 0 Å². The predicted octanol–water partition coefficient (Wildman–Crippen LogP) is 6.19. The number of rotatable bonds is 3. The lowest BCUT2D eigenvalue weighted by molar-refractivity contribution is 0.669. The minimum absolute atomic E-state index is 0.231. The van der Waals surface area contributed by atoms with Gasteiger partial charge < -0.3 is 4.42 Å². The topological polar surface area (TPSA) is 38.9 Å². The molecule has 3 aromatic heterocycles. The van der Waals surface area contributed by atoms with E-state index in [0.717, 1.165) is 33.2 Å². The van der Waals surface area contributed by atoms with E-state index in [1.807, 2.05) is 48.9 Å². The normalized spacial score (nSPS) is 12.5. The van der Waals surface area contributed by atoms with Gasteiger partial charge in [0.1, 0.15) is 11.2 Å². The highest BCUT2D eigenvalue weighted by Gasteiger charge is 2.20. The van der Waals surface area contributed by atoms with Crippen LogP contribution in [0.4, 0.5) is 0 Å². The predicted molar refractivity (Wildman–Crippen MR) is 109 cm³/mol. The van der Waals surface area contributed by atoms with Gasteiger partial charge in [-0.15, -0.1) is 0 Å². The van der Waals surface area contributed by atoms with Gasteiger partial charge >= 0.3 is 0 Å². The maximum atomic E-state index is 6.31. The Bertz CT molecular complexity index is 1230. The first-order valence-electron chi connectivity index (χ1n) is 9.08. The molecule has 0 saturated heterocycles. The fourth-order valence-corrected chi connectivity index (χ4v) is 3.77. The van der Waals surface area contributed by atoms with Crippen LogP contribution in [0.1, 0.15) is 24.0 Å². The number of hydrogen-bond acceptors (Lipinski definition) is 3. The molecule has 1 atom stereocenters. The van der Waals surface area contributed by atoms with E-state index >= 15 is 0 Å². The zero-order chi connectivity index (χ0) is 18.2. The van der Waals surface area contributed by atoms with Crippen LogP contribution < -0.4 is 0 Å². The van der Waals surface area contributed by atoms with Crippen LogP contribution in [-0.4, -0.2) is 9.97 Å². The summed E-state index contributed by atoms with van der Waals surface area (Å²) in [6.45, 7) is 2.23. The molecule has 0 aliphatic heterocycles. The monoisotopic (exact) mass is 350 g/mol. The number of benzene rings is 2. The second-order valence-corrected chi connectivity index (χ2v) is 6.72. The largest absolute Gasteiger partial charge is 0.455 e. The van der Waals surface area contributed by atoms with Crippen LogP contribution in [0.2, 0.25) is 0 Å². The average molecular weight is 350 g/mol. The minimum Gasteiger partial charge on any atom is -0.455 e. The highest BCUT2D eigenvalue weighted by Crippen LogP contribution is 2.41. The number of hydrogen-bond donors (Lipinski definition) is 0. The zero-order valence-electron chi connectivity index (χ0n) is 15.0. The van der Waals surface area contributed by atoms with Crippen molar-refractivity contribution in [2.75, 3.05) is 0 Å². The number of nitrogens with zero attached hydrogens (tertiary/aromatic N) is 2. The highest BCUT2D eigenvalue weighted by molar-refractivity contribution is 6.11. The van der Waals surface area contributed by atoms with Gasteiger partial charge in [0.2, 0.25) is 0 Å². The van der Waals surface area contributed by atoms with Crippen LogP contribution in [0.5, 0.6) is 0 Å². The number of fused-ring (bicyclic) bond motifs is 3. The van der Waals surface area contributed by atoms with E-state index in [4.69, 9.17) is 4.42 Å². The van der Waals surface area contributed by atoms with Crippen molar-refractivity contribution in [2.24, 2.45) is 0 Å². The fraction of sp³-hybridized carbons (Fsp3) is 0.0833. The molecule has 0 aliphatic carbocycles. The van der Waals surface area contributed by atoms with Gasteiger partial charge in [0.15, 0.2) is 0 Å².